The highest BCUT2D eigenvalue weighted by molar-refractivity contribution is 7.90. The number of aliphatic hydroxyl groups is 2. The van der Waals surface area contributed by atoms with Crippen LogP contribution in [-0.4, -0.2) is 73.7 Å². The van der Waals surface area contributed by atoms with Crippen molar-refractivity contribution in [3.8, 4) is 0 Å². The molecule has 0 unspecified atom stereocenters. The van der Waals surface area contributed by atoms with Gasteiger partial charge < -0.3 is 24.7 Å². The number of hydrogen-bond acceptors (Lipinski definition) is 9. The third-order valence-electron chi connectivity index (χ3n) is 5.87. The molecular formula is C21H27F3N4O5S. The quantitative estimate of drug-likeness (QED) is 0.580. The van der Waals surface area contributed by atoms with Gasteiger partial charge in [0.2, 0.25) is 5.95 Å². The fraction of sp³-hybridized carbons (Fsp3) is 0.524. The number of sulfone groups is 1. The van der Waals surface area contributed by atoms with Crippen molar-refractivity contribution in [3.05, 3.63) is 41.2 Å². The number of aromatic nitrogens is 2. The third-order valence-corrected chi connectivity index (χ3v) is 7.04. The summed E-state index contributed by atoms with van der Waals surface area (Å²) in [5.41, 5.74) is -0.728. The highest BCUT2D eigenvalue weighted by atomic mass is 32.2. The lowest BCUT2D eigenvalue weighted by atomic mass is 10.1. The molecule has 1 aromatic carbocycles. The van der Waals surface area contributed by atoms with Gasteiger partial charge in [0.1, 0.15) is 0 Å². The number of alkyl halides is 3. The molecule has 188 valence electrons. The number of methoxy groups -OCH3 is 1. The Labute approximate surface area is 195 Å². The van der Waals surface area contributed by atoms with Crippen LogP contribution in [-0.2, 0) is 34.0 Å². The Bertz CT molecular complexity index is 1130. The summed E-state index contributed by atoms with van der Waals surface area (Å²) in [5.74, 6) is -0.134. The van der Waals surface area contributed by atoms with E-state index >= 15 is 0 Å². The molecule has 1 aliphatic rings. The van der Waals surface area contributed by atoms with Crippen LogP contribution in [0.5, 0.6) is 0 Å². The molecule has 1 fully saturated rings. The molecule has 9 nitrogen and oxygen atoms in total. The van der Waals surface area contributed by atoms with Crippen LogP contribution in [0.25, 0.3) is 0 Å². The highest BCUT2D eigenvalue weighted by Crippen LogP contribution is 2.33. The van der Waals surface area contributed by atoms with E-state index in [4.69, 9.17) is 4.74 Å². The van der Waals surface area contributed by atoms with Crippen LogP contribution in [0.1, 0.15) is 23.7 Å². The zero-order valence-electron chi connectivity index (χ0n) is 18.9. The van der Waals surface area contributed by atoms with Crippen molar-refractivity contribution < 1.29 is 36.5 Å². The van der Waals surface area contributed by atoms with Crippen molar-refractivity contribution >= 4 is 21.5 Å². The van der Waals surface area contributed by atoms with Gasteiger partial charge in [-0.3, -0.25) is 0 Å². The van der Waals surface area contributed by atoms with Gasteiger partial charge in [-0.2, -0.15) is 13.2 Å². The lowest BCUT2D eigenvalue weighted by Gasteiger charge is -2.44. The molecule has 2 N–H and O–H groups in total. The number of rotatable bonds is 7. The van der Waals surface area contributed by atoms with E-state index < -0.39 is 52.6 Å². The molecule has 0 saturated carbocycles. The minimum atomic E-state index is -4.75. The van der Waals surface area contributed by atoms with Gasteiger partial charge in [-0.15, -0.1) is 0 Å². The lowest BCUT2D eigenvalue weighted by molar-refractivity contribution is -0.142. The second kappa shape index (κ2) is 10.0. The Morgan fingerprint density at radius 1 is 1.21 bits per heavy atom. The van der Waals surface area contributed by atoms with Crippen molar-refractivity contribution in [3.63, 3.8) is 0 Å². The average molecular weight is 505 g/mol. The fourth-order valence-corrected chi connectivity index (χ4v) is 4.91. The Morgan fingerprint density at radius 2 is 1.88 bits per heavy atom. The number of benzene rings is 1. The van der Waals surface area contributed by atoms with E-state index in [2.05, 4.69) is 9.97 Å². The van der Waals surface area contributed by atoms with E-state index in [9.17, 15) is 31.8 Å². The van der Waals surface area contributed by atoms with Crippen LogP contribution in [0.15, 0.2) is 29.3 Å². The summed E-state index contributed by atoms with van der Waals surface area (Å²) in [4.78, 5) is 11.3. The molecule has 3 rings (SSSR count). The van der Waals surface area contributed by atoms with Crippen LogP contribution in [0.3, 0.4) is 0 Å². The third kappa shape index (κ3) is 5.43. The first kappa shape index (κ1) is 26.1. The summed E-state index contributed by atoms with van der Waals surface area (Å²) in [5, 5.41) is 18.8. The molecule has 13 heteroatoms. The zero-order chi connectivity index (χ0) is 25.3. The van der Waals surface area contributed by atoms with Crippen molar-refractivity contribution in [1.29, 1.82) is 0 Å². The number of piperazine rings is 1. The topological polar surface area (TPSA) is 116 Å². The van der Waals surface area contributed by atoms with Crippen molar-refractivity contribution in [2.24, 2.45) is 0 Å². The van der Waals surface area contributed by atoms with Gasteiger partial charge in [0.15, 0.2) is 15.5 Å². The molecular weight excluding hydrogens is 477 g/mol. The molecule has 2 heterocycles. The summed E-state index contributed by atoms with van der Waals surface area (Å²) in [7, 11) is -2.11. The predicted molar refractivity (Wildman–Crippen MR) is 118 cm³/mol. The van der Waals surface area contributed by atoms with E-state index in [1.165, 1.54) is 13.2 Å². The first-order valence-corrected chi connectivity index (χ1v) is 12.3. The zero-order valence-corrected chi connectivity index (χ0v) is 19.8. The Balaban J connectivity index is 1.97. The van der Waals surface area contributed by atoms with Gasteiger partial charge in [0.05, 0.1) is 30.3 Å². The SMILES string of the molecule is CO[C@@H](C)[C@@H]1CN(c2ccc(CO)c(S(C)(=O)=O)c2)CCN1c1ncc(CO)c(C(F)(F)F)n1. The van der Waals surface area contributed by atoms with E-state index in [0.717, 1.165) is 12.5 Å². The predicted octanol–water partition coefficient (Wildman–Crippen LogP) is 1.61. The van der Waals surface area contributed by atoms with E-state index in [0.29, 0.717) is 18.8 Å². The summed E-state index contributed by atoms with van der Waals surface area (Å²) in [6, 6.07) is 4.26. The van der Waals surface area contributed by atoms with Crippen molar-refractivity contribution in [2.75, 3.05) is 42.8 Å². The molecule has 0 spiro atoms. The Hall–Kier alpha value is -2.48. The maximum absolute atomic E-state index is 13.5. The summed E-state index contributed by atoms with van der Waals surface area (Å²) in [6.45, 7) is 1.38. The molecule has 2 atom stereocenters. The normalized spacial score (nSPS) is 18.3. The number of aliphatic hydroxyl groups excluding tert-OH is 2. The minimum Gasteiger partial charge on any atom is -0.392 e. The monoisotopic (exact) mass is 504 g/mol. The minimum absolute atomic E-state index is 0.0176. The maximum atomic E-state index is 13.5. The molecule has 1 aromatic heterocycles. The summed E-state index contributed by atoms with van der Waals surface area (Å²) in [6.07, 6.45) is -3.15. The second-order valence-electron chi connectivity index (χ2n) is 8.07. The molecule has 1 saturated heterocycles. The number of nitrogens with zero attached hydrogens (tertiary/aromatic N) is 4. The Morgan fingerprint density at radius 3 is 2.44 bits per heavy atom. The molecule has 0 bridgehead atoms. The molecule has 0 amide bonds. The molecule has 0 radical (unpaired) electrons. The standard InChI is InChI=1S/C21H27F3N4O5S/c1-13(33-2)17-10-27(16-5-4-14(11-29)18(8-16)34(3,31)32)6-7-28(17)20-25-9-15(12-30)19(26-20)21(22,23)24/h4-5,8-9,13,17,29-30H,6-7,10-12H2,1-3H3/t13-,17-/m0/s1. The first-order valence-electron chi connectivity index (χ1n) is 10.4. The molecule has 2 aromatic rings. The summed E-state index contributed by atoms with van der Waals surface area (Å²) >= 11 is 0. The van der Waals surface area contributed by atoms with Crippen molar-refractivity contribution in [2.45, 2.75) is 43.4 Å². The van der Waals surface area contributed by atoms with Crippen LogP contribution < -0.4 is 9.80 Å². The van der Waals surface area contributed by atoms with Gasteiger partial charge in [-0.1, -0.05) is 6.07 Å². The average Bonchev–Trinajstić information content (AvgIpc) is 2.81. The number of halogens is 3. The van der Waals surface area contributed by atoms with E-state index in [-0.39, 0.29) is 23.0 Å². The van der Waals surface area contributed by atoms with Gasteiger partial charge in [0.25, 0.3) is 0 Å². The van der Waals surface area contributed by atoms with E-state index in [1.807, 2.05) is 4.90 Å². The largest absolute Gasteiger partial charge is 0.433 e. The van der Waals surface area contributed by atoms with Crippen LogP contribution in [0.4, 0.5) is 24.8 Å². The first-order chi connectivity index (χ1) is 15.9. The van der Waals surface area contributed by atoms with Crippen LogP contribution in [0, 0.1) is 0 Å². The van der Waals surface area contributed by atoms with Gasteiger partial charge in [-0.05, 0) is 24.6 Å². The van der Waals surface area contributed by atoms with E-state index in [1.54, 1.807) is 24.0 Å². The van der Waals surface area contributed by atoms with Crippen LogP contribution >= 0.6 is 0 Å². The highest BCUT2D eigenvalue weighted by Gasteiger charge is 2.38. The number of hydrogen-bond donors (Lipinski definition) is 2. The fourth-order valence-electron chi connectivity index (χ4n) is 3.96. The number of anilines is 2. The Kier molecular flexibility index (Phi) is 7.70. The number of ether oxygens (including phenoxy) is 1. The van der Waals surface area contributed by atoms with Gasteiger partial charge in [0, 0.05) is 50.4 Å². The van der Waals surface area contributed by atoms with Gasteiger partial charge in [-0.25, -0.2) is 18.4 Å². The molecule has 0 aliphatic carbocycles. The molecule has 34 heavy (non-hydrogen) atoms. The van der Waals surface area contributed by atoms with Crippen LogP contribution in [0.2, 0.25) is 0 Å². The molecule has 1 aliphatic heterocycles. The summed E-state index contributed by atoms with van der Waals surface area (Å²) < 4.78 is 70.2. The second-order valence-corrected chi connectivity index (χ2v) is 10.1. The smallest absolute Gasteiger partial charge is 0.392 e. The van der Waals surface area contributed by atoms with Crippen molar-refractivity contribution in [1.82, 2.24) is 9.97 Å². The maximum Gasteiger partial charge on any atom is 0.433 e. The van der Waals surface area contributed by atoms with Gasteiger partial charge >= 0.3 is 6.18 Å². The lowest BCUT2D eigenvalue weighted by Crippen LogP contribution is -2.58.